The molecule has 19 heavy (non-hydrogen) atoms. The average molecular weight is 260 g/mol. The van der Waals surface area contributed by atoms with E-state index < -0.39 is 0 Å². The summed E-state index contributed by atoms with van der Waals surface area (Å²) in [6, 6.07) is 6.96. The van der Waals surface area contributed by atoms with Gasteiger partial charge in [-0.1, -0.05) is 44.9 Å². The molecule has 2 N–H and O–H groups in total. The third-order valence-corrected chi connectivity index (χ3v) is 3.87. The smallest absolute Gasteiger partial charge is 0.0208 e. The molecule has 0 saturated heterocycles. The molecule has 0 unspecified atom stereocenters. The molecule has 1 aromatic carbocycles. The van der Waals surface area contributed by atoms with Crippen LogP contribution in [0.5, 0.6) is 0 Å². The summed E-state index contributed by atoms with van der Waals surface area (Å²) < 4.78 is 0. The van der Waals surface area contributed by atoms with Crippen molar-refractivity contribution in [1.29, 1.82) is 0 Å². The van der Waals surface area contributed by atoms with Crippen LogP contribution in [0.25, 0.3) is 0 Å². The van der Waals surface area contributed by atoms with Gasteiger partial charge < -0.3 is 10.6 Å². The van der Waals surface area contributed by atoms with Crippen LogP contribution < -0.4 is 10.6 Å². The van der Waals surface area contributed by atoms with E-state index in [9.17, 15) is 0 Å². The molecule has 2 nitrogen and oxygen atoms in total. The SMILES string of the molecule is CC(C)CCCCNCc1ccc2c(c1)CNCC2. The Morgan fingerprint density at radius 3 is 2.95 bits per heavy atom. The van der Waals surface area contributed by atoms with Crippen molar-refractivity contribution in [1.82, 2.24) is 10.6 Å². The highest BCUT2D eigenvalue weighted by Gasteiger charge is 2.08. The molecule has 2 rings (SSSR count). The Labute approximate surface area is 118 Å². The summed E-state index contributed by atoms with van der Waals surface area (Å²) in [5.74, 6) is 0.841. The third kappa shape index (κ3) is 4.96. The Kier molecular flexibility index (Phi) is 5.87. The topological polar surface area (TPSA) is 24.1 Å². The van der Waals surface area contributed by atoms with E-state index >= 15 is 0 Å². The molecule has 1 heterocycles. The number of benzene rings is 1. The molecule has 0 saturated carbocycles. The van der Waals surface area contributed by atoms with Gasteiger partial charge in [-0.2, -0.15) is 0 Å². The second kappa shape index (κ2) is 7.66. The maximum absolute atomic E-state index is 3.56. The first-order valence-corrected chi connectivity index (χ1v) is 7.78. The monoisotopic (exact) mass is 260 g/mol. The highest BCUT2D eigenvalue weighted by atomic mass is 14.9. The highest BCUT2D eigenvalue weighted by Crippen LogP contribution is 2.15. The Morgan fingerprint density at radius 2 is 2.11 bits per heavy atom. The maximum Gasteiger partial charge on any atom is 0.0208 e. The molecule has 0 bridgehead atoms. The maximum atomic E-state index is 3.56. The van der Waals surface area contributed by atoms with E-state index in [2.05, 4.69) is 42.7 Å². The first kappa shape index (κ1) is 14.5. The van der Waals surface area contributed by atoms with Crippen LogP contribution in [0, 0.1) is 5.92 Å². The molecule has 0 radical (unpaired) electrons. The van der Waals surface area contributed by atoms with Gasteiger partial charge >= 0.3 is 0 Å². The minimum absolute atomic E-state index is 0.841. The zero-order chi connectivity index (χ0) is 13.5. The molecule has 0 aliphatic carbocycles. The molecule has 1 aromatic rings. The highest BCUT2D eigenvalue weighted by molar-refractivity contribution is 5.33. The zero-order valence-electron chi connectivity index (χ0n) is 12.5. The quantitative estimate of drug-likeness (QED) is 0.735. The summed E-state index contributed by atoms with van der Waals surface area (Å²) in [5, 5.41) is 7.00. The lowest BCUT2D eigenvalue weighted by atomic mass is 9.98. The molecule has 0 amide bonds. The van der Waals surface area contributed by atoms with E-state index in [1.165, 1.54) is 42.4 Å². The van der Waals surface area contributed by atoms with Crippen LogP contribution >= 0.6 is 0 Å². The minimum Gasteiger partial charge on any atom is -0.313 e. The normalized spacial score (nSPS) is 14.7. The van der Waals surface area contributed by atoms with Gasteiger partial charge in [0.2, 0.25) is 0 Å². The molecule has 106 valence electrons. The fourth-order valence-electron chi connectivity index (χ4n) is 2.68. The number of rotatable bonds is 7. The Bertz CT molecular complexity index is 385. The van der Waals surface area contributed by atoms with Gasteiger partial charge in [-0.3, -0.25) is 0 Å². The Hall–Kier alpha value is -0.860. The minimum atomic E-state index is 0.841. The van der Waals surface area contributed by atoms with Crippen LogP contribution in [-0.2, 0) is 19.5 Å². The van der Waals surface area contributed by atoms with Crippen molar-refractivity contribution < 1.29 is 0 Å². The molecular weight excluding hydrogens is 232 g/mol. The fraction of sp³-hybridized carbons (Fsp3) is 0.647. The molecule has 2 heteroatoms. The van der Waals surface area contributed by atoms with Crippen molar-refractivity contribution in [2.24, 2.45) is 5.92 Å². The number of nitrogens with one attached hydrogen (secondary N) is 2. The van der Waals surface area contributed by atoms with Crippen molar-refractivity contribution in [2.75, 3.05) is 13.1 Å². The summed E-state index contributed by atoms with van der Waals surface area (Å²) in [7, 11) is 0. The predicted octanol–water partition coefficient (Wildman–Crippen LogP) is 3.25. The van der Waals surface area contributed by atoms with E-state index in [4.69, 9.17) is 0 Å². The predicted molar refractivity (Wildman–Crippen MR) is 82.2 cm³/mol. The molecule has 0 spiro atoms. The molecule has 0 atom stereocenters. The van der Waals surface area contributed by atoms with Crippen LogP contribution in [0.4, 0.5) is 0 Å². The van der Waals surface area contributed by atoms with Gasteiger partial charge in [-0.25, -0.2) is 0 Å². The lowest BCUT2D eigenvalue weighted by molar-refractivity contribution is 0.520. The van der Waals surface area contributed by atoms with E-state index in [1.54, 1.807) is 0 Å². The zero-order valence-corrected chi connectivity index (χ0v) is 12.5. The summed E-state index contributed by atoms with van der Waals surface area (Å²) in [4.78, 5) is 0. The van der Waals surface area contributed by atoms with Crippen LogP contribution in [0.3, 0.4) is 0 Å². The molecule has 0 fully saturated rings. The number of hydrogen-bond donors (Lipinski definition) is 2. The Balaban J connectivity index is 1.68. The standard InChI is InChI=1S/C17H28N2/c1-14(2)5-3-4-9-18-12-15-6-7-16-8-10-19-13-17(16)11-15/h6-7,11,14,18-19H,3-5,8-10,12-13H2,1-2H3. The van der Waals surface area contributed by atoms with Crippen molar-refractivity contribution in [3.8, 4) is 0 Å². The first-order valence-electron chi connectivity index (χ1n) is 7.78. The lowest BCUT2D eigenvalue weighted by Gasteiger charge is -2.18. The van der Waals surface area contributed by atoms with Gasteiger partial charge in [0.25, 0.3) is 0 Å². The van der Waals surface area contributed by atoms with Gasteiger partial charge in [0.1, 0.15) is 0 Å². The second-order valence-electron chi connectivity index (χ2n) is 6.10. The second-order valence-corrected chi connectivity index (χ2v) is 6.10. The van der Waals surface area contributed by atoms with Gasteiger partial charge in [0, 0.05) is 13.1 Å². The van der Waals surface area contributed by atoms with E-state index in [1.807, 2.05) is 0 Å². The molecular formula is C17H28N2. The summed E-state index contributed by atoms with van der Waals surface area (Å²) in [6.45, 7) is 8.91. The average Bonchev–Trinajstić information content (AvgIpc) is 2.42. The molecule has 1 aliphatic rings. The van der Waals surface area contributed by atoms with Crippen molar-refractivity contribution in [3.05, 3.63) is 34.9 Å². The van der Waals surface area contributed by atoms with Crippen LogP contribution in [0.2, 0.25) is 0 Å². The van der Waals surface area contributed by atoms with Crippen LogP contribution in [0.1, 0.15) is 49.8 Å². The van der Waals surface area contributed by atoms with Crippen molar-refractivity contribution in [2.45, 2.75) is 52.6 Å². The number of unbranched alkanes of at least 4 members (excludes halogenated alkanes) is 1. The fourth-order valence-corrected chi connectivity index (χ4v) is 2.68. The van der Waals surface area contributed by atoms with Gasteiger partial charge in [0.15, 0.2) is 0 Å². The van der Waals surface area contributed by atoms with Crippen molar-refractivity contribution in [3.63, 3.8) is 0 Å². The van der Waals surface area contributed by atoms with Crippen LogP contribution in [0.15, 0.2) is 18.2 Å². The Morgan fingerprint density at radius 1 is 1.21 bits per heavy atom. The molecule has 1 aliphatic heterocycles. The van der Waals surface area contributed by atoms with Gasteiger partial charge in [0.05, 0.1) is 0 Å². The van der Waals surface area contributed by atoms with Gasteiger partial charge in [-0.15, -0.1) is 0 Å². The van der Waals surface area contributed by atoms with Crippen molar-refractivity contribution >= 4 is 0 Å². The van der Waals surface area contributed by atoms with Gasteiger partial charge in [-0.05, 0) is 48.5 Å². The van der Waals surface area contributed by atoms with E-state index in [0.717, 1.165) is 32.1 Å². The van der Waals surface area contributed by atoms with Crippen LogP contribution in [-0.4, -0.2) is 13.1 Å². The number of hydrogen-bond acceptors (Lipinski definition) is 2. The summed E-state index contributed by atoms with van der Waals surface area (Å²) in [6.07, 6.45) is 5.17. The largest absolute Gasteiger partial charge is 0.313 e. The third-order valence-electron chi connectivity index (χ3n) is 3.87. The number of fused-ring (bicyclic) bond motifs is 1. The first-order chi connectivity index (χ1) is 9.25. The van der Waals surface area contributed by atoms with E-state index in [0.29, 0.717) is 0 Å². The summed E-state index contributed by atoms with van der Waals surface area (Å²) in [5.41, 5.74) is 4.44. The molecule has 0 aromatic heterocycles. The lowest BCUT2D eigenvalue weighted by Crippen LogP contribution is -2.24. The summed E-state index contributed by atoms with van der Waals surface area (Å²) >= 11 is 0. The van der Waals surface area contributed by atoms with E-state index in [-0.39, 0.29) is 0 Å².